The molecule has 1 aromatic heterocycles. The minimum absolute atomic E-state index is 0.166. The summed E-state index contributed by atoms with van der Waals surface area (Å²) in [6, 6.07) is 24.5. The Morgan fingerprint density at radius 2 is 1.40 bits per heavy atom. The minimum Gasteiger partial charge on any atom is -0.465 e. The number of nitrogens with zero attached hydrogens (tertiary/aromatic N) is 3. The Hall–Kier alpha value is -4.59. The Labute approximate surface area is 203 Å². The molecule has 0 saturated heterocycles. The Bertz CT molecular complexity index is 1310. The van der Waals surface area contributed by atoms with E-state index < -0.39 is 5.97 Å². The van der Waals surface area contributed by atoms with Gasteiger partial charge in [0, 0.05) is 18.5 Å². The lowest BCUT2D eigenvalue weighted by Crippen LogP contribution is -2.11. The van der Waals surface area contributed by atoms with E-state index in [1.807, 2.05) is 66.7 Å². The number of rotatable bonds is 10. The molecule has 176 valence electrons. The highest BCUT2D eigenvalue weighted by molar-refractivity contribution is 5.91. The van der Waals surface area contributed by atoms with Crippen molar-refractivity contribution in [1.29, 1.82) is 0 Å². The van der Waals surface area contributed by atoms with Crippen molar-refractivity contribution in [2.75, 3.05) is 12.4 Å². The number of nitrogens with one attached hydrogen (secondary N) is 1. The van der Waals surface area contributed by atoms with Gasteiger partial charge in [0.2, 0.25) is 5.95 Å². The van der Waals surface area contributed by atoms with Gasteiger partial charge in [0.15, 0.2) is 0 Å². The molecule has 0 amide bonds. The summed E-state index contributed by atoms with van der Waals surface area (Å²) in [6.45, 7) is 0.595. The van der Waals surface area contributed by atoms with Gasteiger partial charge in [-0.25, -0.2) is 9.78 Å². The van der Waals surface area contributed by atoms with Crippen LogP contribution < -0.4 is 5.32 Å². The first-order chi connectivity index (χ1) is 17.2. The first-order valence-electron chi connectivity index (χ1n) is 11.0. The molecule has 0 aliphatic heterocycles. The van der Waals surface area contributed by atoms with Gasteiger partial charge >= 0.3 is 5.97 Å². The maximum Gasteiger partial charge on any atom is 0.338 e. The summed E-state index contributed by atoms with van der Waals surface area (Å²) >= 11 is 0. The largest absolute Gasteiger partial charge is 0.465 e. The zero-order chi connectivity index (χ0) is 24.5. The molecule has 3 aromatic carbocycles. The lowest BCUT2D eigenvalue weighted by Gasteiger charge is -2.12. The van der Waals surface area contributed by atoms with Crippen molar-refractivity contribution in [2.45, 2.75) is 19.4 Å². The standard InChI is InChI=1S/C27H24N4O4/c1-34-26(33)23-14-8-7-10-20(23)16-25-29-24(15-19-9-5-6-11-21(19)17-35-18-32)30-27(31-25)28-22-12-3-2-4-13-22/h2-14,18H,15-17H2,1H3,(H,28,29,30,31). The number of carbonyl (C=O) groups excluding carboxylic acids is 2. The summed E-state index contributed by atoms with van der Waals surface area (Å²) in [5.41, 5.74) is 3.86. The number of methoxy groups -OCH3 is 1. The van der Waals surface area contributed by atoms with Gasteiger partial charge < -0.3 is 14.8 Å². The van der Waals surface area contributed by atoms with Crippen molar-refractivity contribution < 1.29 is 19.1 Å². The molecule has 1 heterocycles. The van der Waals surface area contributed by atoms with E-state index in [0.29, 0.717) is 42.5 Å². The molecule has 0 aliphatic rings. The van der Waals surface area contributed by atoms with Crippen molar-refractivity contribution in [3.63, 3.8) is 0 Å². The van der Waals surface area contributed by atoms with Gasteiger partial charge in [0.1, 0.15) is 18.3 Å². The lowest BCUT2D eigenvalue weighted by molar-refractivity contribution is -0.129. The zero-order valence-corrected chi connectivity index (χ0v) is 19.2. The SMILES string of the molecule is COC(=O)c1ccccc1Cc1nc(Cc2ccccc2COC=O)nc(Nc2ccccc2)n1. The van der Waals surface area contributed by atoms with E-state index in [-0.39, 0.29) is 6.61 Å². The van der Waals surface area contributed by atoms with E-state index in [1.165, 1.54) is 7.11 Å². The molecule has 8 heteroatoms. The number of hydrogen-bond donors (Lipinski definition) is 1. The molecule has 0 radical (unpaired) electrons. The number of para-hydroxylation sites is 1. The monoisotopic (exact) mass is 468 g/mol. The summed E-state index contributed by atoms with van der Waals surface area (Å²) in [5, 5.41) is 3.23. The fraction of sp³-hybridized carbons (Fsp3) is 0.148. The number of hydrogen-bond acceptors (Lipinski definition) is 8. The van der Waals surface area contributed by atoms with Crippen LogP contribution in [-0.2, 0) is 33.7 Å². The second-order valence-electron chi connectivity index (χ2n) is 7.66. The molecule has 1 N–H and O–H groups in total. The molecular formula is C27H24N4O4. The van der Waals surface area contributed by atoms with Crippen LogP contribution in [0.4, 0.5) is 11.6 Å². The third-order valence-corrected chi connectivity index (χ3v) is 5.30. The Morgan fingerprint density at radius 1 is 0.800 bits per heavy atom. The summed E-state index contributed by atoms with van der Waals surface area (Å²) in [4.78, 5) is 36.8. The molecule has 0 spiro atoms. The highest BCUT2D eigenvalue weighted by atomic mass is 16.5. The van der Waals surface area contributed by atoms with Crippen LogP contribution in [0, 0.1) is 0 Å². The van der Waals surface area contributed by atoms with Gasteiger partial charge in [0.25, 0.3) is 6.47 Å². The summed E-state index contributed by atoms with van der Waals surface area (Å²) in [5.74, 6) is 1.03. The summed E-state index contributed by atoms with van der Waals surface area (Å²) in [6.07, 6.45) is 0.732. The fourth-order valence-electron chi connectivity index (χ4n) is 3.65. The van der Waals surface area contributed by atoms with Crippen molar-refractivity contribution in [2.24, 2.45) is 0 Å². The quantitative estimate of drug-likeness (QED) is 0.272. The van der Waals surface area contributed by atoms with E-state index in [2.05, 4.69) is 20.3 Å². The van der Waals surface area contributed by atoms with Crippen LogP contribution in [0.3, 0.4) is 0 Å². The Kier molecular flexibility index (Phi) is 7.75. The second kappa shape index (κ2) is 11.5. The van der Waals surface area contributed by atoms with Crippen molar-refractivity contribution in [3.8, 4) is 0 Å². The van der Waals surface area contributed by atoms with E-state index >= 15 is 0 Å². The Morgan fingerprint density at radius 3 is 2.09 bits per heavy atom. The highest BCUT2D eigenvalue weighted by Crippen LogP contribution is 2.19. The molecule has 0 aliphatic carbocycles. The second-order valence-corrected chi connectivity index (χ2v) is 7.66. The normalized spacial score (nSPS) is 10.4. The van der Waals surface area contributed by atoms with Gasteiger partial charge in [0.05, 0.1) is 12.7 Å². The predicted molar refractivity (Wildman–Crippen MR) is 130 cm³/mol. The molecule has 0 saturated carbocycles. The summed E-state index contributed by atoms with van der Waals surface area (Å²) in [7, 11) is 1.35. The van der Waals surface area contributed by atoms with Gasteiger partial charge in [-0.3, -0.25) is 4.79 Å². The maximum atomic E-state index is 12.2. The fourth-order valence-corrected chi connectivity index (χ4v) is 3.65. The molecule has 0 unspecified atom stereocenters. The topological polar surface area (TPSA) is 103 Å². The van der Waals surface area contributed by atoms with Gasteiger partial charge in [-0.05, 0) is 34.9 Å². The Balaban J connectivity index is 1.69. The first kappa shape index (κ1) is 23.6. The average Bonchev–Trinajstić information content (AvgIpc) is 2.88. The molecular weight excluding hydrogens is 444 g/mol. The van der Waals surface area contributed by atoms with Crippen molar-refractivity contribution in [1.82, 2.24) is 15.0 Å². The van der Waals surface area contributed by atoms with Crippen LogP contribution in [-0.4, -0.2) is 34.5 Å². The number of anilines is 2. The van der Waals surface area contributed by atoms with Crippen LogP contribution in [0.5, 0.6) is 0 Å². The van der Waals surface area contributed by atoms with Crippen LogP contribution in [0.2, 0.25) is 0 Å². The molecule has 0 atom stereocenters. The van der Waals surface area contributed by atoms with Gasteiger partial charge in [-0.1, -0.05) is 60.7 Å². The minimum atomic E-state index is -0.415. The van der Waals surface area contributed by atoms with Crippen LogP contribution in [0.15, 0.2) is 78.9 Å². The number of benzene rings is 3. The predicted octanol–water partition coefficient (Wildman–Crippen LogP) is 4.26. The molecule has 0 bridgehead atoms. The van der Waals surface area contributed by atoms with Gasteiger partial charge in [-0.15, -0.1) is 0 Å². The molecule has 8 nitrogen and oxygen atoms in total. The third-order valence-electron chi connectivity index (χ3n) is 5.30. The molecule has 4 rings (SSSR count). The number of esters is 1. The van der Waals surface area contributed by atoms with E-state index in [1.54, 1.807) is 12.1 Å². The van der Waals surface area contributed by atoms with E-state index in [4.69, 9.17) is 9.47 Å². The van der Waals surface area contributed by atoms with E-state index in [0.717, 1.165) is 22.4 Å². The van der Waals surface area contributed by atoms with Crippen LogP contribution in [0.1, 0.15) is 38.7 Å². The molecule has 0 fully saturated rings. The maximum absolute atomic E-state index is 12.2. The third kappa shape index (κ3) is 6.26. The smallest absolute Gasteiger partial charge is 0.338 e. The van der Waals surface area contributed by atoms with Gasteiger partial charge in [-0.2, -0.15) is 9.97 Å². The average molecular weight is 469 g/mol. The number of ether oxygens (including phenoxy) is 2. The number of aromatic nitrogens is 3. The van der Waals surface area contributed by atoms with Crippen LogP contribution in [0.25, 0.3) is 0 Å². The molecule has 4 aromatic rings. The van der Waals surface area contributed by atoms with Crippen LogP contribution >= 0.6 is 0 Å². The zero-order valence-electron chi connectivity index (χ0n) is 19.2. The van der Waals surface area contributed by atoms with Crippen molar-refractivity contribution >= 4 is 24.1 Å². The highest BCUT2D eigenvalue weighted by Gasteiger charge is 2.15. The van der Waals surface area contributed by atoms with E-state index in [9.17, 15) is 9.59 Å². The molecule has 35 heavy (non-hydrogen) atoms. The lowest BCUT2D eigenvalue weighted by atomic mass is 10.0. The van der Waals surface area contributed by atoms with Crippen molar-refractivity contribution in [3.05, 3.63) is 113 Å². The first-order valence-corrected chi connectivity index (χ1v) is 11.0. The number of carbonyl (C=O) groups is 2. The summed E-state index contributed by atoms with van der Waals surface area (Å²) < 4.78 is 9.88.